The molecule has 76 valence electrons. The lowest BCUT2D eigenvalue weighted by atomic mass is 9.94. The molecule has 0 amide bonds. The quantitative estimate of drug-likeness (QED) is 0.849. The molecule has 4 nitrogen and oxygen atoms in total. The summed E-state index contributed by atoms with van der Waals surface area (Å²) in [4.78, 5) is 10.6. The highest BCUT2D eigenvalue weighted by molar-refractivity contribution is 9.10. The Kier molecular flexibility index (Phi) is 2.16. The summed E-state index contributed by atoms with van der Waals surface area (Å²) in [6.07, 6.45) is 0.734. The molecular weight excluding hydrogens is 252 g/mol. The molecule has 1 aromatic heterocycles. The molecule has 0 saturated carbocycles. The van der Waals surface area contributed by atoms with Crippen molar-refractivity contribution >= 4 is 21.9 Å². The van der Waals surface area contributed by atoms with Gasteiger partial charge in [0, 0.05) is 12.0 Å². The number of halogens is 1. The number of hydrogen-bond acceptors (Lipinski definition) is 3. The van der Waals surface area contributed by atoms with E-state index in [0.29, 0.717) is 28.8 Å². The molecule has 0 radical (unpaired) electrons. The molecule has 1 atom stereocenters. The van der Waals surface area contributed by atoms with Crippen LogP contribution in [0.5, 0.6) is 0 Å². The molecule has 2 N–H and O–H groups in total. The average Bonchev–Trinajstić information content (AvgIpc) is 2.52. The number of carboxylic acids is 1. The first kappa shape index (κ1) is 9.73. The third kappa shape index (κ3) is 1.46. The van der Waals surface area contributed by atoms with Crippen LogP contribution in [-0.2, 0) is 16.8 Å². The zero-order chi connectivity index (χ0) is 10.3. The molecule has 0 spiro atoms. The van der Waals surface area contributed by atoms with Crippen LogP contribution in [0.15, 0.2) is 15.2 Å². The topological polar surface area (TPSA) is 70.7 Å². The molecule has 0 aromatic carbocycles. The Hall–Kier alpha value is -0.810. The van der Waals surface area contributed by atoms with Crippen molar-refractivity contribution in [3.8, 4) is 0 Å². The smallest absolute Gasteiger partial charge is 0.306 e. The molecule has 0 aliphatic heterocycles. The van der Waals surface area contributed by atoms with Crippen LogP contribution in [0, 0.1) is 0 Å². The van der Waals surface area contributed by atoms with Crippen LogP contribution in [0.1, 0.15) is 24.2 Å². The van der Waals surface area contributed by atoms with E-state index in [4.69, 9.17) is 9.52 Å². The Labute approximate surface area is 88.7 Å². The number of carbonyl (C=O) groups is 1. The number of fused-ring (bicyclic) bond motifs is 1. The Balaban J connectivity index is 2.35. The fourth-order valence-corrected chi connectivity index (χ4v) is 2.29. The van der Waals surface area contributed by atoms with Gasteiger partial charge < -0.3 is 14.6 Å². The third-order valence-corrected chi connectivity index (χ3v) is 2.88. The molecular formula is C9H9BrO4. The van der Waals surface area contributed by atoms with Gasteiger partial charge >= 0.3 is 5.97 Å². The summed E-state index contributed by atoms with van der Waals surface area (Å²) in [5, 5.41) is 18.7. The van der Waals surface area contributed by atoms with Crippen molar-refractivity contribution in [1.29, 1.82) is 0 Å². The molecule has 0 saturated heterocycles. The van der Waals surface area contributed by atoms with Gasteiger partial charge in [-0.05, 0) is 28.4 Å². The zero-order valence-corrected chi connectivity index (χ0v) is 8.87. The summed E-state index contributed by atoms with van der Waals surface area (Å²) in [6, 6.07) is 1.64. The fraction of sp³-hybridized carbons (Fsp3) is 0.444. The van der Waals surface area contributed by atoms with Gasteiger partial charge in [-0.1, -0.05) is 0 Å². The predicted molar refractivity (Wildman–Crippen MR) is 50.9 cm³/mol. The van der Waals surface area contributed by atoms with E-state index >= 15 is 0 Å². The van der Waals surface area contributed by atoms with E-state index in [2.05, 4.69) is 15.9 Å². The van der Waals surface area contributed by atoms with Gasteiger partial charge in [-0.2, -0.15) is 0 Å². The minimum atomic E-state index is -1.25. The second-order valence-electron chi connectivity index (χ2n) is 3.49. The standard InChI is InChI=1S/C9H9BrO4/c10-7-3-5-6(14-7)1-2-9(5,13)4-8(11)12/h3,13H,1-2,4H2,(H,11,12). The maximum absolute atomic E-state index is 10.6. The summed E-state index contributed by atoms with van der Waals surface area (Å²) in [6.45, 7) is 0. The summed E-state index contributed by atoms with van der Waals surface area (Å²) in [5.74, 6) is -0.321. The Morgan fingerprint density at radius 3 is 3.07 bits per heavy atom. The monoisotopic (exact) mass is 260 g/mol. The number of furan rings is 1. The second kappa shape index (κ2) is 3.10. The maximum atomic E-state index is 10.6. The van der Waals surface area contributed by atoms with Crippen LogP contribution in [-0.4, -0.2) is 16.2 Å². The van der Waals surface area contributed by atoms with Crippen LogP contribution in [0.25, 0.3) is 0 Å². The number of rotatable bonds is 2. The van der Waals surface area contributed by atoms with Crippen molar-refractivity contribution in [1.82, 2.24) is 0 Å². The number of aliphatic hydroxyl groups is 1. The second-order valence-corrected chi connectivity index (χ2v) is 4.27. The lowest BCUT2D eigenvalue weighted by molar-refractivity contribution is -0.142. The zero-order valence-electron chi connectivity index (χ0n) is 7.29. The van der Waals surface area contributed by atoms with Gasteiger partial charge in [0.1, 0.15) is 11.4 Å². The first-order valence-corrected chi connectivity index (χ1v) is 5.03. The van der Waals surface area contributed by atoms with Gasteiger partial charge in [0.15, 0.2) is 4.67 Å². The summed E-state index contributed by atoms with van der Waals surface area (Å²) in [7, 11) is 0. The largest absolute Gasteiger partial charge is 0.481 e. The van der Waals surface area contributed by atoms with E-state index in [9.17, 15) is 9.90 Å². The molecule has 0 fully saturated rings. The number of hydrogen-bond donors (Lipinski definition) is 2. The van der Waals surface area contributed by atoms with Gasteiger partial charge in [-0.15, -0.1) is 0 Å². The first-order chi connectivity index (χ1) is 6.51. The Bertz CT molecular complexity index is 384. The summed E-state index contributed by atoms with van der Waals surface area (Å²) >= 11 is 3.15. The van der Waals surface area contributed by atoms with Gasteiger partial charge in [0.05, 0.1) is 6.42 Å². The molecule has 2 rings (SSSR count). The third-order valence-electron chi connectivity index (χ3n) is 2.49. The minimum absolute atomic E-state index is 0.272. The normalized spacial score (nSPS) is 25.0. The van der Waals surface area contributed by atoms with E-state index in [-0.39, 0.29) is 6.42 Å². The average molecular weight is 261 g/mol. The SMILES string of the molecule is O=C(O)CC1(O)CCc2oc(Br)cc21. The molecule has 0 bridgehead atoms. The molecule has 1 unspecified atom stereocenters. The molecule has 1 aliphatic carbocycles. The van der Waals surface area contributed by atoms with Crippen molar-refractivity contribution in [2.24, 2.45) is 0 Å². The van der Waals surface area contributed by atoms with Crippen molar-refractivity contribution in [2.75, 3.05) is 0 Å². The summed E-state index contributed by atoms with van der Waals surface area (Å²) in [5.41, 5.74) is -0.650. The van der Waals surface area contributed by atoms with Gasteiger partial charge in [0.2, 0.25) is 0 Å². The minimum Gasteiger partial charge on any atom is -0.481 e. The maximum Gasteiger partial charge on any atom is 0.306 e. The highest BCUT2D eigenvalue weighted by atomic mass is 79.9. The van der Waals surface area contributed by atoms with E-state index in [1.54, 1.807) is 6.07 Å². The number of aryl methyl sites for hydroxylation is 1. The highest BCUT2D eigenvalue weighted by Gasteiger charge is 2.41. The van der Waals surface area contributed by atoms with E-state index < -0.39 is 11.6 Å². The molecule has 5 heteroatoms. The lowest BCUT2D eigenvalue weighted by Crippen LogP contribution is -2.25. The van der Waals surface area contributed by atoms with Crippen LogP contribution in [0.4, 0.5) is 0 Å². The van der Waals surface area contributed by atoms with E-state index in [1.807, 2.05) is 0 Å². The molecule has 1 aromatic rings. The molecule has 14 heavy (non-hydrogen) atoms. The molecule has 1 heterocycles. The lowest BCUT2D eigenvalue weighted by Gasteiger charge is -2.19. The van der Waals surface area contributed by atoms with Crippen molar-refractivity contribution in [2.45, 2.75) is 24.9 Å². The van der Waals surface area contributed by atoms with Gasteiger partial charge in [-0.25, -0.2) is 0 Å². The van der Waals surface area contributed by atoms with Crippen LogP contribution >= 0.6 is 15.9 Å². The number of aliphatic carboxylic acids is 1. The van der Waals surface area contributed by atoms with Gasteiger partial charge in [0.25, 0.3) is 0 Å². The Morgan fingerprint density at radius 1 is 1.71 bits per heavy atom. The predicted octanol–water partition coefficient (Wildman–Crippen LogP) is 1.65. The van der Waals surface area contributed by atoms with Crippen LogP contribution in [0.2, 0.25) is 0 Å². The van der Waals surface area contributed by atoms with Crippen LogP contribution in [0.3, 0.4) is 0 Å². The fourth-order valence-electron chi connectivity index (χ4n) is 1.86. The van der Waals surface area contributed by atoms with Crippen LogP contribution < -0.4 is 0 Å². The highest BCUT2D eigenvalue weighted by Crippen LogP contribution is 2.42. The molecule has 1 aliphatic rings. The van der Waals surface area contributed by atoms with Crippen molar-refractivity contribution in [3.05, 3.63) is 22.1 Å². The van der Waals surface area contributed by atoms with Crippen molar-refractivity contribution < 1.29 is 19.4 Å². The van der Waals surface area contributed by atoms with Gasteiger partial charge in [-0.3, -0.25) is 4.79 Å². The Morgan fingerprint density at radius 2 is 2.43 bits per heavy atom. The van der Waals surface area contributed by atoms with Crippen molar-refractivity contribution in [3.63, 3.8) is 0 Å². The van der Waals surface area contributed by atoms with E-state index in [1.165, 1.54) is 0 Å². The van der Waals surface area contributed by atoms with E-state index in [0.717, 1.165) is 0 Å². The number of carboxylic acid groups (broad SMARTS) is 1. The first-order valence-electron chi connectivity index (χ1n) is 4.24. The summed E-state index contributed by atoms with van der Waals surface area (Å²) < 4.78 is 5.80.